The van der Waals surface area contributed by atoms with E-state index in [1.165, 1.54) is 0 Å². The van der Waals surface area contributed by atoms with Crippen LogP contribution in [0.2, 0.25) is 0 Å². The lowest BCUT2D eigenvalue weighted by Crippen LogP contribution is -2.39. The van der Waals surface area contributed by atoms with Gasteiger partial charge < -0.3 is 15.8 Å². The number of hydrogen-bond donors (Lipinski definition) is 2. The minimum atomic E-state index is -0.0196. The van der Waals surface area contributed by atoms with Crippen LogP contribution >= 0.6 is 12.2 Å². The first-order valence-corrected chi connectivity index (χ1v) is 5.60. The van der Waals surface area contributed by atoms with Crippen molar-refractivity contribution in [1.82, 2.24) is 5.32 Å². The normalized spacial score (nSPS) is 27.3. The van der Waals surface area contributed by atoms with E-state index in [0.717, 1.165) is 6.42 Å². The summed E-state index contributed by atoms with van der Waals surface area (Å²) < 4.78 is 5.34. The molecule has 3 N–H and O–H groups in total. The van der Waals surface area contributed by atoms with E-state index in [9.17, 15) is 4.79 Å². The van der Waals surface area contributed by atoms with Crippen LogP contribution in [-0.4, -0.2) is 29.6 Å². The second-order valence-electron chi connectivity index (χ2n) is 4.16. The minimum Gasteiger partial charge on any atom is -0.393 e. The van der Waals surface area contributed by atoms with Gasteiger partial charge in [0.25, 0.3) is 0 Å². The van der Waals surface area contributed by atoms with Gasteiger partial charge in [0.05, 0.1) is 23.6 Å². The Morgan fingerprint density at radius 1 is 1.73 bits per heavy atom. The Hall–Kier alpha value is -0.680. The van der Waals surface area contributed by atoms with Crippen LogP contribution in [0.4, 0.5) is 0 Å². The van der Waals surface area contributed by atoms with E-state index in [4.69, 9.17) is 22.7 Å². The van der Waals surface area contributed by atoms with Gasteiger partial charge >= 0.3 is 0 Å². The van der Waals surface area contributed by atoms with E-state index < -0.39 is 0 Å². The summed E-state index contributed by atoms with van der Waals surface area (Å²) in [4.78, 5) is 12.1. The van der Waals surface area contributed by atoms with Crippen molar-refractivity contribution in [2.45, 2.75) is 38.8 Å². The molecule has 1 aliphatic rings. The molecule has 5 heteroatoms. The van der Waals surface area contributed by atoms with Crippen molar-refractivity contribution < 1.29 is 9.53 Å². The maximum Gasteiger partial charge on any atom is 0.225 e. The second kappa shape index (κ2) is 5.42. The molecule has 1 aliphatic heterocycles. The molecule has 0 bridgehead atoms. The third-order valence-electron chi connectivity index (χ3n) is 2.47. The molecule has 86 valence electrons. The molecule has 0 aromatic heterocycles. The molecule has 3 unspecified atom stereocenters. The first-order valence-electron chi connectivity index (χ1n) is 5.19. The Morgan fingerprint density at radius 3 is 2.87 bits per heavy atom. The van der Waals surface area contributed by atoms with Crippen molar-refractivity contribution in [3.63, 3.8) is 0 Å². The molecule has 1 rings (SSSR count). The van der Waals surface area contributed by atoms with Gasteiger partial charge in [0, 0.05) is 12.5 Å². The second-order valence-corrected chi connectivity index (χ2v) is 4.68. The molecule has 15 heavy (non-hydrogen) atoms. The maximum absolute atomic E-state index is 11.7. The topological polar surface area (TPSA) is 64.3 Å². The third-order valence-corrected chi connectivity index (χ3v) is 2.63. The summed E-state index contributed by atoms with van der Waals surface area (Å²) in [6.07, 6.45) is 1.53. The Balaban J connectivity index is 2.32. The molecule has 0 radical (unpaired) electrons. The van der Waals surface area contributed by atoms with Gasteiger partial charge in [0.1, 0.15) is 0 Å². The van der Waals surface area contributed by atoms with Crippen molar-refractivity contribution in [2.75, 3.05) is 6.61 Å². The highest BCUT2D eigenvalue weighted by Crippen LogP contribution is 2.19. The summed E-state index contributed by atoms with van der Waals surface area (Å²) in [6.45, 7) is 4.40. The minimum absolute atomic E-state index is 0.00547. The Bertz CT molecular complexity index is 258. The number of rotatable bonds is 4. The summed E-state index contributed by atoms with van der Waals surface area (Å²) in [5.41, 5.74) is 5.40. The summed E-state index contributed by atoms with van der Waals surface area (Å²) in [6, 6.07) is 0.00547. The predicted molar refractivity (Wildman–Crippen MR) is 62.5 cm³/mol. The summed E-state index contributed by atoms with van der Waals surface area (Å²) >= 11 is 4.78. The molecule has 0 saturated carbocycles. The highest BCUT2D eigenvalue weighted by atomic mass is 32.1. The quantitative estimate of drug-likeness (QED) is 0.694. The highest BCUT2D eigenvalue weighted by molar-refractivity contribution is 7.80. The van der Waals surface area contributed by atoms with Crippen LogP contribution in [-0.2, 0) is 9.53 Å². The first kappa shape index (κ1) is 12.4. The number of thiocarbonyl (C=S) groups is 1. The summed E-state index contributed by atoms with van der Waals surface area (Å²) in [5, 5.41) is 2.89. The fraction of sp³-hybridized carbons (Fsp3) is 0.800. The SMILES string of the molecule is CC(CC(N)=S)NC(=O)C1COC(C)C1. The number of amides is 1. The van der Waals surface area contributed by atoms with Crippen LogP contribution in [0, 0.1) is 5.92 Å². The van der Waals surface area contributed by atoms with E-state index >= 15 is 0 Å². The number of nitrogens with one attached hydrogen (secondary N) is 1. The van der Waals surface area contributed by atoms with E-state index in [-0.39, 0.29) is 24.0 Å². The lowest BCUT2D eigenvalue weighted by molar-refractivity contribution is -0.125. The first-order chi connectivity index (χ1) is 6.99. The molecule has 0 spiro atoms. The Labute approximate surface area is 95.5 Å². The van der Waals surface area contributed by atoms with Gasteiger partial charge in [-0.2, -0.15) is 0 Å². The van der Waals surface area contributed by atoms with Gasteiger partial charge in [-0.1, -0.05) is 12.2 Å². The molecule has 0 aromatic rings. The number of nitrogens with two attached hydrogens (primary N) is 1. The smallest absolute Gasteiger partial charge is 0.225 e. The number of hydrogen-bond acceptors (Lipinski definition) is 3. The summed E-state index contributed by atoms with van der Waals surface area (Å²) in [5.74, 6) is 0.0249. The molecule has 1 saturated heterocycles. The van der Waals surface area contributed by atoms with Crippen LogP contribution in [0.1, 0.15) is 26.7 Å². The van der Waals surface area contributed by atoms with Crippen molar-refractivity contribution in [1.29, 1.82) is 0 Å². The molecule has 3 atom stereocenters. The zero-order valence-corrected chi connectivity index (χ0v) is 9.97. The van der Waals surface area contributed by atoms with Crippen molar-refractivity contribution in [2.24, 2.45) is 11.7 Å². The Morgan fingerprint density at radius 2 is 2.40 bits per heavy atom. The fourth-order valence-corrected chi connectivity index (χ4v) is 1.96. The van der Waals surface area contributed by atoms with Crippen LogP contribution in [0.3, 0.4) is 0 Å². The molecule has 0 aliphatic carbocycles. The summed E-state index contributed by atoms with van der Waals surface area (Å²) in [7, 11) is 0. The van der Waals surface area contributed by atoms with Crippen molar-refractivity contribution in [3.8, 4) is 0 Å². The fourth-order valence-electron chi connectivity index (χ4n) is 1.71. The van der Waals surface area contributed by atoms with Gasteiger partial charge in [0.2, 0.25) is 5.91 Å². The average molecular weight is 230 g/mol. The van der Waals surface area contributed by atoms with E-state index in [0.29, 0.717) is 18.0 Å². The number of ether oxygens (including phenoxy) is 1. The molecular formula is C10H18N2O2S. The molecule has 1 heterocycles. The van der Waals surface area contributed by atoms with Gasteiger partial charge in [-0.25, -0.2) is 0 Å². The molecule has 1 fully saturated rings. The number of carbonyl (C=O) groups is 1. The highest BCUT2D eigenvalue weighted by Gasteiger charge is 2.28. The molecule has 0 aromatic carbocycles. The van der Waals surface area contributed by atoms with Gasteiger partial charge in [-0.15, -0.1) is 0 Å². The standard InChI is InChI=1S/C10H18N2O2S/c1-6(3-9(11)15)12-10(13)8-4-7(2)14-5-8/h6-8H,3-5H2,1-2H3,(H2,11,15)(H,12,13). The zero-order chi connectivity index (χ0) is 11.4. The lowest BCUT2D eigenvalue weighted by Gasteiger charge is -2.15. The zero-order valence-electron chi connectivity index (χ0n) is 9.16. The van der Waals surface area contributed by atoms with Crippen LogP contribution in [0.15, 0.2) is 0 Å². The third kappa shape index (κ3) is 4.13. The number of carbonyl (C=O) groups excluding carboxylic acids is 1. The van der Waals surface area contributed by atoms with Gasteiger partial charge in [0.15, 0.2) is 0 Å². The average Bonchev–Trinajstić information content (AvgIpc) is 2.49. The van der Waals surface area contributed by atoms with E-state index in [2.05, 4.69) is 5.32 Å². The van der Waals surface area contributed by atoms with Gasteiger partial charge in [-0.3, -0.25) is 4.79 Å². The van der Waals surface area contributed by atoms with Crippen molar-refractivity contribution >= 4 is 23.1 Å². The largest absolute Gasteiger partial charge is 0.393 e. The van der Waals surface area contributed by atoms with Crippen molar-refractivity contribution in [3.05, 3.63) is 0 Å². The van der Waals surface area contributed by atoms with E-state index in [1.54, 1.807) is 0 Å². The van der Waals surface area contributed by atoms with Crippen LogP contribution < -0.4 is 11.1 Å². The van der Waals surface area contributed by atoms with Gasteiger partial charge in [-0.05, 0) is 20.3 Å². The molecular weight excluding hydrogens is 212 g/mol. The monoisotopic (exact) mass is 230 g/mol. The lowest BCUT2D eigenvalue weighted by atomic mass is 10.0. The van der Waals surface area contributed by atoms with Crippen LogP contribution in [0.5, 0.6) is 0 Å². The Kier molecular flexibility index (Phi) is 4.47. The molecule has 4 nitrogen and oxygen atoms in total. The maximum atomic E-state index is 11.7. The van der Waals surface area contributed by atoms with Crippen LogP contribution in [0.25, 0.3) is 0 Å². The van der Waals surface area contributed by atoms with E-state index in [1.807, 2.05) is 13.8 Å². The predicted octanol–water partition coefficient (Wildman–Crippen LogP) is 0.592. The molecule has 1 amide bonds.